The van der Waals surface area contributed by atoms with Crippen molar-refractivity contribution in [2.75, 3.05) is 6.54 Å². The maximum atomic E-state index is 12.4. The number of halogens is 1. The molecule has 1 aromatic carbocycles. The van der Waals surface area contributed by atoms with Crippen molar-refractivity contribution < 1.29 is 4.79 Å². The first-order valence-corrected chi connectivity index (χ1v) is 7.18. The molecule has 0 saturated carbocycles. The topological polar surface area (TPSA) is 64.8 Å². The summed E-state index contributed by atoms with van der Waals surface area (Å²) in [6, 6.07) is 7.55. The first kappa shape index (κ1) is 12.5. The quantitative estimate of drug-likeness (QED) is 0.726. The number of hydrogen-bond acceptors (Lipinski definition) is 2. The van der Waals surface area contributed by atoms with Crippen molar-refractivity contribution in [2.45, 2.75) is 13.0 Å². The number of H-pyrrole nitrogens is 2. The van der Waals surface area contributed by atoms with E-state index in [9.17, 15) is 4.79 Å². The van der Waals surface area contributed by atoms with Crippen molar-refractivity contribution in [2.24, 2.45) is 0 Å². The van der Waals surface area contributed by atoms with Gasteiger partial charge in [0.05, 0.1) is 10.5 Å². The largest absolute Gasteiger partial charge is 0.357 e. The molecule has 1 amide bonds. The Labute approximate surface area is 125 Å². The van der Waals surface area contributed by atoms with Crippen molar-refractivity contribution in [1.29, 1.82) is 0 Å². The molecular weight excluding hydrogens is 288 g/mol. The summed E-state index contributed by atoms with van der Waals surface area (Å²) in [7, 11) is 0. The molecule has 3 heterocycles. The number of benzene rings is 1. The molecule has 0 unspecified atom stereocenters. The fraction of sp³-hybridized carbons (Fsp3) is 0.200. The van der Waals surface area contributed by atoms with Crippen molar-refractivity contribution in [3.8, 4) is 0 Å². The van der Waals surface area contributed by atoms with Crippen LogP contribution in [0.4, 0.5) is 0 Å². The molecule has 0 saturated heterocycles. The lowest BCUT2D eigenvalue weighted by molar-refractivity contribution is 0.0729. The zero-order valence-electron chi connectivity index (χ0n) is 11.2. The molecule has 6 heteroatoms. The molecule has 0 radical (unpaired) electrons. The number of para-hydroxylation sites is 1. The normalized spacial score (nSPS) is 14.4. The van der Waals surface area contributed by atoms with Gasteiger partial charge in [-0.25, -0.2) is 0 Å². The molecule has 4 rings (SSSR count). The van der Waals surface area contributed by atoms with Crippen molar-refractivity contribution in [1.82, 2.24) is 20.1 Å². The molecule has 21 heavy (non-hydrogen) atoms. The highest BCUT2D eigenvalue weighted by molar-refractivity contribution is 6.35. The highest BCUT2D eigenvalue weighted by Gasteiger charge is 2.25. The van der Waals surface area contributed by atoms with Crippen LogP contribution in [-0.2, 0) is 13.0 Å². The summed E-state index contributed by atoms with van der Waals surface area (Å²) in [5.74, 6) is -0.0190. The average Bonchev–Trinajstić information content (AvgIpc) is 3.14. The van der Waals surface area contributed by atoms with E-state index in [2.05, 4.69) is 15.2 Å². The highest BCUT2D eigenvalue weighted by atomic mass is 35.5. The van der Waals surface area contributed by atoms with E-state index in [-0.39, 0.29) is 5.91 Å². The number of hydrogen-bond donors (Lipinski definition) is 2. The molecular formula is C15H13ClN4O. The van der Waals surface area contributed by atoms with Gasteiger partial charge in [-0.05, 0) is 12.1 Å². The lowest BCUT2D eigenvalue weighted by atomic mass is 10.0. The molecule has 1 aliphatic rings. The van der Waals surface area contributed by atoms with Gasteiger partial charge in [-0.15, -0.1) is 0 Å². The van der Waals surface area contributed by atoms with Gasteiger partial charge in [0.25, 0.3) is 5.91 Å². The lowest BCUT2D eigenvalue weighted by Gasteiger charge is -2.26. The van der Waals surface area contributed by atoms with E-state index in [0.29, 0.717) is 23.8 Å². The minimum atomic E-state index is -0.0190. The summed E-state index contributed by atoms with van der Waals surface area (Å²) < 4.78 is 0. The molecule has 2 N–H and O–H groups in total. The molecule has 3 aromatic rings. The van der Waals surface area contributed by atoms with Crippen LogP contribution in [0.3, 0.4) is 0 Å². The van der Waals surface area contributed by atoms with Gasteiger partial charge in [-0.3, -0.25) is 9.89 Å². The highest BCUT2D eigenvalue weighted by Crippen LogP contribution is 2.31. The van der Waals surface area contributed by atoms with E-state index >= 15 is 0 Å². The Balaban J connectivity index is 1.73. The van der Waals surface area contributed by atoms with Crippen molar-refractivity contribution in [3.63, 3.8) is 0 Å². The van der Waals surface area contributed by atoms with Crippen LogP contribution in [0.25, 0.3) is 10.9 Å². The van der Waals surface area contributed by atoms with Crippen LogP contribution in [0, 0.1) is 0 Å². The number of aromatic nitrogens is 3. The van der Waals surface area contributed by atoms with Gasteiger partial charge in [0.2, 0.25) is 0 Å². The van der Waals surface area contributed by atoms with Gasteiger partial charge in [-0.1, -0.05) is 23.7 Å². The number of nitrogens with one attached hydrogen (secondary N) is 2. The number of amides is 1. The molecule has 0 bridgehead atoms. The second-order valence-corrected chi connectivity index (χ2v) is 5.60. The SMILES string of the molecule is O=C(c1ccn[nH]1)N1CCc2[nH]c3c(Cl)cccc3c2C1. The zero-order valence-corrected chi connectivity index (χ0v) is 11.9. The monoisotopic (exact) mass is 300 g/mol. The summed E-state index contributed by atoms with van der Waals surface area (Å²) in [5, 5.41) is 8.38. The fourth-order valence-corrected chi connectivity index (χ4v) is 3.14. The Morgan fingerprint density at radius 1 is 1.33 bits per heavy atom. The van der Waals surface area contributed by atoms with Crippen LogP contribution < -0.4 is 0 Å². The minimum Gasteiger partial charge on any atom is -0.357 e. The van der Waals surface area contributed by atoms with Crippen LogP contribution in [0.1, 0.15) is 21.7 Å². The van der Waals surface area contributed by atoms with Gasteiger partial charge in [0.1, 0.15) is 5.69 Å². The van der Waals surface area contributed by atoms with E-state index in [4.69, 9.17) is 11.6 Å². The Bertz CT molecular complexity index is 822. The predicted octanol–water partition coefficient (Wildman–Crippen LogP) is 2.74. The fourth-order valence-electron chi connectivity index (χ4n) is 2.92. The summed E-state index contributed by atoms with van der Waals surface area (Å²) in [5.41, 5.74) is 3.81. The van der Waals surface area contributed by atoms with Gasteiger partial charge < -0.3 is 9.88 Å². The van der Waals surface area contributed by atoms with Gasteiger partial charge in [0.15, 0.2) is 0 Å². The molecule has 0 fully saturated rings. The van der Waals surface area contributed by atoms with E-state index in [0.717, 1.165) is 22.9 Å². The van der Waals surface area contributed by atoms with Gasteiger partial charge in [0, 0.05) is 42.4 Å². The van der Waals surface area contributed by atoms with E-state index in [1.807, 2.05) is 23.1 Å². The van der Waals surface area contributed by atoms with Gasteiger partial charge >= 0.3 is 0 Å². The lowest BCUT2D eigenvalue weighted by Crippen LogP contribution is -2.36. The van der Waals surface area contributed by atoms with Crippen LogP contribution >= 0.6 is 11.6 Å². The summed E-state index contributed by atoms with van der Waals surface area (Å²) in [6.45, 7) is 1.28. The maximum Gasteiger partial charge on any atom is 0.272 e. The number of carbonyl (C=O) groups is 1. The third-order valence-electron chi connectivity index (χ3n) is 3.98. The van der Waals surface area contributed by atoms with E-state index in [1.54, 1.807) is 12.3 Å². The zero-order chi connectivity index (χ0) is 14.4. The molecule has 0 atom stereocenters. The average molecular weight is 301 g/mol. The Morgan fingerprint density at radius 2 is 2.24 bits per heavy atom. The van der Waals surface area contributed by atoms with Gasteiger partial charge in [-0.2, -0.15) is 5.10 Å². The van der Waals surface area contributed by atoms with E-state index in [1.165, 1.54) is 5.69 Å². The Kier molecular flexibility index (Phi) is 2.75. The Hall–Kier alpha value is -2.27. The molecule has 0 spiro atoms. The second-order valence-electron chi connectivity index (χ2n) is 5.19. The molecule has 5 nitrogen and oxygen atoms in total. The first-order chi connectivity index (χ1) is 10.2. The van der Waals surface area contributed by atoms with Crippen LogP contribution in [-0.4, -0.2) is 32.5 Å². The summed E-state index contributed by atoms with van der Waals surface area (Å²) >= 11 is 6.23. The smallest absolute Gasteiger partial charge is 0.272 e. The number of rotatable bonds is 1. The number of fused-ring (bicyclic) bond motifs is 3. The molecule has 106 valence electrons. The molecule has 2 aromatic heterocycles. The molecule has 1 aliphatic heterocycles. The van der Waals surface area contributed by atoms with Crippen molar-refractivity contribution in [3.05, 3.63) is 52.4 Å². The molecule has 0 aliphatic carbocycles. The first-order valence-electron chi connectivity index (χ1n) is 6.80. The predicted molar refractivity (Wildman–Crippen MR) is 80.3 cm³/mol. The minimum absolute atomic E-state index is 0.0190. The van der Waals surface area contributed by atoms with Crippen LogP contribution in [0.15, 0.2) is 30.5 Å². The summed E-state index contributed by atoms with van der Waals surface area (Å²) in [4.78, 5) is 17.6. The second kappa shape index (κ2) is 4.63. The van der Waals surface area contributed by atoms with Crippen LogP contribution in [0.2, 0.25) is 5.02 Å². The van der Waals surface area contributed by atoms with Crippen LogP contribution in [0.5, 0.6) is 0 Å². The number of aromatic amines is 2. The van der Waals surface area contributed by atoms with E-state index < -0.39 is 0 Å². The number of carbonyl (C=O) groups excluding carboxylic acids is 1. The number of nitrogens with zero attached hydrogens (tertiary/aromatic N) is 2. The Morgan fingerprint density at radius 3 is 3.05 bits per heavy atom. The summed E-state index contributed by atoms with van der Waals surface area (Å²) in [6.07, 6.45) is 2.40. The maximum absolute atomic E-state index is 12.4. The van der Waals surface area contributed by atoms with Crippen molar-refractivity contribution >= 4 is 28.4 Å². The third kappa shape index (κ3) is 1.93. The standard InChI is InChI=1S/C15H13ClN4O/c16-11-3-1-2-9-10-8-20(7-5-12(10)18-14(9)11)15(21)13-4-6-17-19-13/h1-4,6,18H,5,7-8H2,(H,17,19). The third-order valence-corrected chi connectivity index (χ3v) is 4.29.